The van der Waals surface area contributed by atoms with E-state index >= 15 is 0 Å². The molecule has 2 rings (SSSR count). The van der Waals surface area contributed by atoms with E-state index in [0.29, 0.717) is 19.2 Å². The van der Waals surface area contributed by atoms with E-state index in [9.17, 15) is 0 Å². The van der Waals surface area contributed by atoms with Crippen LogP contribution in [0.2, 0.25) is 0 Å². The Morgan fingerprint density at radius 1 is 1.39 bits per heavy atom. The molecule has 0 saturated heterocycles. The molecule has 0 unspecified atom stereocenters. The number of nitrogens with two attached hydrogens (primary N) is 1. The Morgan fingerprint density at radius 2 is 2.22 bits per heavy atom. The molecule has 0 amide bonds. The van der Waals surface area contributed by atoms with Crippen molar-refractivity contribution in [3.63, 3.8) is 0 Å². The first kappa shape index (κ1) is 13.1. The van der Waals surface area contributed by atoms with E-state index in [2.05, 4.69) is 41.6 Å². The molecule has 0 aliphatic rings. The summed E-state index contributed by atoms with van der Waals surface area (Å²) in [6, 6.07) is 6.74. The minimum absolute atomic E-state index is 0.432. The second-order valence-electron chi connectivity index (χ2n) is 4.76. The normalized spacial score (nSPS) is 11.6. The molecule has 1 aromatic heterocycles. The van der Waals surface area contributed by atoms with Crippen molar-refractivity contribution in [2.45, 2.75) is 32.9 Å². The van der Waals surface area contributed by atoms with Crippen LogP contribution >= 0.6 is 0 Å². The summed E-state index contributed by atoms with van der Waals surface area (Å²) in [5.74, 6) is 0. The number of benzene rings is 1. The number of rotatable bonds is 6. The molecule has 98 valence electrons. The molecule has 0 fully saturated rings. The Bertz CT molecular complexity index is 505. The first-order valence-corrected chi connectivity index (χ1v) is 6.45. The number of nitrogens with zero attached hydrogens (tertiary/aromatic N) is 2. The number of aromatic nitrogens is 2. The van der Waals surface area contributed by atoms with Gasteiger partial charge in [0.1, 0.15) is 0 Å². The zero-order valence-corrected chi connectivity index (χ0v) is 11.1. The average Bonchev–Trinajstić information content (AvgIpc) is 2.77. The minimum Gasteiger partial charge on any atom is -0.377 e. The number of hydrogen-bond donors (Lipinski definition) is 1. The molecule has 18 heavy (non-hydrogen) atoms. The van der Waals surface area contributed by atoms with Gasteiger partial charge in [0.15, 0.2) is 0 Å². The monoisotopic (exact) mass is 247 g/mol. The molecule has 4 nitrogen and oxygen atoms in total. The molecule has 4 heteroatoms. The molecule has 0 aliphatic carbocycles. The summed E-state index contributed by atoms with van der Waals surface area (Å²) >= 11 is 0. The first-order chi connectivity index (χ1) is 8.72. The van der Waals surface area contributed by atoms with Crippen LogP contribution in [0.3, 0.4) is 0 Å². The number of ether oxygens (including phenoxy) is 1. The van der Waals surface area contributed by atoms with Crippen LogP contribution in [0.15, 0.2) is 24.5 Å². The fourth-order valence-electron chi connectivity index (χ4n) is 1.95. The van der Waals surface area contributed by atoms with Gasteiger partial charge in [0, 0.05) is 12.6 Å². The highest BCUT2D eigenvalue weighted by atomic mass is 16.5. The van der Waals surface area contributed by atoms with Gasteiger partial charge in [-0.25, -0.2) is 4.98 Å². The van der Waals surface area contributed by atoms with Gasteiger partial charge in [0.05, 0.1) is 24.0 Å². The molecule has 1 heterocycles. The summed E-state index contributed by atoms with van der Waals surface area (Å²) in [6.07, 6.45) is 2.80. The average molecular weight is 247 g/mol. The van der Waals surface area contributed by atoms with Crippen LogP contribution in [0.4, 0.5) is 0 Å². The summed E-state index contributed by atoms with van der Waals surface area (Å²) in [7, 11) is 0. The smallest absolute Gasteiger partial charge is 0.0960 e. The van der Waals surface area contributed by atoms with Crippen molar-refractivity contribution >= 4 is 11.0 Å². The maximum absolute atomic E-state index is 5.55. The highest BCUT2D eigenvalue weighted by Gasteiger charge is 2.06. The number of fused-ring (bicyclic) bond motifs is 1. The van der Waals surface area contributed by atoms with Crippen LogP contribution in [-0.4, -0.2) is 22.7 Å². The van der Waals surface area contributed by atoms with Crippen molar-refractivity contribution in [1.82, 2.24) is 9.55 Å². The van der Waals surface area contributed by atoms with E-state index in [1.807, 2.05) is 6.33 Å². The Kier molecular flexibility index (Phi) is 4.33. The van der Waals surface area contributed by atoms with Gasteiger partial charge in [0.25, 0.3) is 0 Å². The maximum Gasteiger partial charge on any atom is 0.0960 e. The van der Waals surface area contributed by atoms with Crippen LogP contribution < -0.4 is 5.73 Å². The lowest BCUT2D eigenvalue weighted by atomic mass is 10.2. The van der Waals surface area contributed by atoms with Gasteiger partial charge in [-0.1, -0.05) is 6.07 Å². The molecular weight excluding hydrogens is 226 g/mol. The van der Waals surface area contributed by atoms with E-state index in [-0.39, 0.29) is 0 Å². The van der Waals surface area contributed by atoms with Gasteiger partial charge in [-0.05, 0) is 44.5 Å². The molecule has 2 aromatic rings. The molecule has 0 aliphatic heterocycles. The van der Waals surface area contributed by atoms with Crippen molar-refractivity contribution < 1.29 is 4.74 Å². The van der Waals surface area contributed by atoms with E-state index < -0.39 is 0 Å². The second kappa shape index (κ2) is 5.98. The van der Waals surface area contributed by atoms with Gasteiger partial charge in [0.2, 0.25) is 0 Å². The van der Waals surface area contributed by atoms with Crippen molar-refractivity contribution in [2.75, 3.05) is 13.2 Å². The standard InChI is InChI=1S/C14H21N3O/c1-11(2)17-10-16-13-8-12(4-5-14(13)17)9-18-7-3-6-15/h4-5,8,10-11H,3,6-7,9,15H2,1-2H3. The predicted octanol–water partition coefficient (Wildman–Crippen LogP) is 2.48. The SMILES string of the molecule is CC(C)n1cnc2cc(COCCCN)ccc21. The highest BCUT2D eigenvalue weighted by Crippen LogP contribution is 2.19. The summed E-state index contributed by atoms with van der Waals surface area (Å²) in [5, 5.41) is 0. The summed E-state index contributed by atoms with van der Waals surface area (Å²) < 4.78 is 7.72. The van der Waals surface area contributed by atoms with Crippen molar-refractivity contribution in [3.05, 3.63) is 30.1 Å². The predicted molar refractivity (Wildman–Crippen MR) is 73.4 cm³/mol. The summed E-state index contributed by atoms with van der Waals surface area (Å²) in [4.78, 5) is 4.43. The van der Waals surface area contributed by atoms with Crippen molar-refractivity contribution in [1.29, 1.82) is 0 Å². The van der Waals surface area contributed by atoms with E-state index in [0.717, 1.165) is 24.1 Å². The lowest BCUT2D eigenvalue weighted by Gasteiger charge is -2.08. The Balaban J connectivity index is 2.09. The van der Waals surface area contributed by atoms with E-state index in [4.69, 9.17) is 10.5 Å². The highest BCUT2D eigenvalue weighted by molar-refractivity contribution is 5.76. The summed E-state index contributed by atoms with van der Waals surface area (Å²) in [6.45, 7) is 6.34. The molecular formula is C14H21N3O. The molecule has 0 spiro atoms. The lowest BCUT2D eigenvalue weighted by molar-refractivity contribution is 0.120. The largest absolute Gasteiger partial charge is 0.377 e. The quantitative estimate of drug-likeness (QED) is 0.798. The van der Waals surface area contributed by atoms with E-state index in [1.54, 1.807) is 0 Å². The van der Waals surface area contributed by atoms with Crippen LogP contribution in [-0.2, 0) is 11.3 Å². The van der Waals surface area contributed by atoms with Crippen LogP contribution in [0.1, 0.15) is 31.9 Å². The zero-order valence-electron chi connectivity index (χ0n) is 11.1. The van der Waals surface area contributed by atoms with Gasteiger partial charge in [-0.2, -0.15) is 0 Å². The molecule has 1 aromatic carbocycles. The van der Waals surface area contributed by atoms with Gasteiger partial charge >= 0.3 is 0 Å². The molecule has 2 N–H and O–H groups in total. The zero-order chi connectivity index (χ0) is 13.0. The third-order valence-electron chi connectivity index (χ3n) is 2.96. The number of hydrogen-bond acceptors (Lipinski definition) is 3. The molecule has 0 saturated carbocycles. The van der Waals surface area contributed by atoms with Crippen LogP contribution in [0, 0.1) is 0 Å². The minimum atomic E-state index is 0.432. The van der Waals surface area contributed by atoms with Gasteiger partial charge in [-0.15, -0.1) is 0 Å². The third kappa shape index (κ3) is 2.89. The Morgan fingerprint density at radius 3 is 2.94 bits per heavy atom. The molecule has 0 bridgehead atoms. The summed E-state index contributed by atoms with van der Waals surface area (Å²) in [5.41, 5.74) is 8.79. The van der Waals surface area contributed by atoms with E-state index in [1.165, 1.54) is 5.52 Å². The third-order valence-corrected chi connectivity index (χ3v) is 2.96. The number of imidazole rings is 1. The fraction of sp³-hybridized carbons (Fsp3) is 0.500. The van der Waals surface area contributed by atoms with Crippen molar-refractivity contribution in [2.24, 2.45) is 5.73 Å². The fourth-order valence-corrected chi connectivity index (χ4v) is 1.95. The first-order valence-electron chi connectivity index (χ1n) is 6.45. The van der Waals surface area contributed by atoms with Crippen LogP contribution in [0.5, 0.6) is 0 Å². The second-order valence-corrected chi connectivity index (χ2v) is 4.76. The Hall–Kier alpha value is -1.39. The Labute approximate surface area is 108 Å². The van der Waals surface area contributed by atoms with Gasteiger partial charge in [-0.3, -0.25) is 0 Å². The topological polar surface area (TPSA) is 53.1 Å². The van der Waals surface area contributed by atoms with Gasteiger partial charge < -0.3 is 15.0 Å². The molecule has 0 atom stereocenters. The molecule has 0 radical (unpaired) electrons. The maximum atomic E-state index is 5.55. The lowest BCUT2D eigenvalue weighted by Crippen LogP contribution is -2.04. The van der Waals surface area contributed by atoms with Crippen molar-refractivity contribution in [3.8, 4) is 0 Å². The van der Waals surface area contributed by atoms with Crippen LogP contribution in [0.25, 0.3) is 11.0 Å².